The number of carbonyl (C=O) groups is 1. The molecule has 2 aliphatic rings. The highest BCUT2D eigenvalue weighted by atomic mass is 32.2. The number of sulfonamides is 1. The molecule has 0 spiro atoms. The fourth-order valence-corrected chi connectivity index (χ4v) is 5.59. The molecule has 2 saturated heterocycles. The third-order valence-corrected chi connectivity index (χ3v) is 7.64. The third kappa shape index (κ3) is 4.50. The Morgan fingerprint density at radius 3 is 2.56 bits per heavy atom. The van der Waals surface area contributed by atoms with Gasteiger partial charge in [-0.2, -0.15) is 4.31 Å². The number of amides is 1. The van der Waals surface area contributed by atoms with E-state index in [4.69, 9.17) is 0 Å². The van der Waals surface area contributed by atoms with Crippen LogP contribution in [0.2, 0.25) is 0 Å². The summed E-state index contributed by atoms with van der Waals surface area (Å²) in [4.78, 5) is 15.5. The van der Waals surface area contributed by atoms with Gasteiger partial charge >= 0.3 is 0 Å². The van der Waals surface area contributed by atoms with Crippen molar-refractivity contribution in [2.75, 3.05) is 39.3 Å². The van der Waals surface area contributed by atoms with Crippen LogP contribution in [0, 0.1) is 5.82 Å². The molecule has 0 unspecified atom stereocenters. The van der Waals surface area contributed by atoms with Crippen LogP contribution in [0.25, 0.3) is 0 Å². The van der Waals surface area contributed by atoms with E-state index in [2.05, 4.69) is 6.92 Å². The molecule has 8 heteroatoms. The van der Waals surface area contributed by atoms with Crippen LogP contribution in [0.5, 0.6) is 0 Å². The number of hydrogen-bond donors (Lipinski definition) is 1. The number of rotatable bonds is 5. The smallest absolute Gasteiger partial charge is 0.278 e. The van der Waals surface area contributed by atoms with Crippen molar-refractivity contribution in [3.8, 4) is 0 Å². The zero-order valence-electron chi connectivity index (χ0n) is 15.9. The minimum absolute atomic E-state index is 0.168. The van der Waals surface area contributed by atoms with Crippen molar-refractivity contribution >= 4 is 15.9 Å². The molecule has 1 atom stereocenters. The van der Waals surface area contributed by atoms with Gasteiger partial charge in [0.1, 0.15) is 10.7 Å². The van der Waals surface area contributed by atoms with Crippen LogP contribution in [0.4, 0.5) is 4.39 Å². The largest absolute Gasteiger partial charge is 0.335 e. The fourth-order valence-electron chi connectivity index (χ4n) is 4.08. The van der Waals surface area contributed by atoms with Crippen molar-refractivity contribution < 1.29 is 22.5 Å². The normalized spacial score (nSPS) is 22.7. The number of piperazine rings is 1. The van der Waals surface area contributed by atoms with Crippen LogP contribution in [-0.4, -0.2) is 68.8 Å². The summed E-state index contributed by atoms with van der Waals surface area (Å²) in [5.74, 6) is -0.555. The van der Waals surface area contributed by atoms with Crippen molar-refractivity contribution in [3.63, 3.8) is 0 Å². The fraction of sp³-hybridized carbons (Fsp3) is 0.632. The van der Waals surface area contributed by atoms with Crippen molar-refractivity contribution in [2.45, 2.75) is 43.5 Å². The SMILES string of the molecule is CC[C@H]1CCCCN1C(=O)C[NH+]1CCN(S(=O)(=O)c2ccccc2F)CC1. The topological polar surface area (TPSA) is 62.1 Å². The van der Waals surface area contributed by atoms with Gasteiger partial charge < -0.3 is 9.80 Å². The maximum atomic E-state index is 13.9. The number of likely N-dealkylation sites (tertiary alicyclic amines) is 1. The average molecular weight is 399 g/mol. The molecule has 0 saturated carbocycles. The number of quaternary nitrogens is 1. The summed E-state index contributed by atoms with van der Waals surface area (Å²) < 4.78 is 40.6. The van der Waals surface area contributed by atoms with Gasteiger partial charge in [0, 0.05) is 12.6 Å². The van der Waals surface area contributed by atoms with Crippen LogP contribution in [0.15, 0.2) is 29.2 Å². The lowest BCUT2D eigenvalue weighted by atomic mass is 10.00. The molecule has 27 heavy (non-hydrogen) atoms. The molecule has 3 rings (SSSR count). The van der Waals surface area contributed by atoms with Gasteiger partial charge in [0.05, 0.1) is 26.2 Å². The molecule has 0 bridgehead atoms. The van der Waals surface area contributed by atoms with Gasteiger partial charge in [-0.15, -0.1) is 0 Å². The van der Waals surface area contributed by atoms with E-state index in [1.165, 1.54) is 28.9 Å². The van der Waals surface area contributed by atoms with Crippen LogP contribution in [0.1, 0.15) is 32.6 Å². The van der Waals surface area contributed by atoms with Gasteiger partial charge in [-0.1, -0.05) is 19.1 Å². The molecular weight excluding hydrogens is 369 g/mol. The first kappa shape index (κ1) is 20.2. The van der Waals surface area contributed by atoms with Crippen molar-refractivity contribution in [1.29, 1.82) is 0 Å². The molecule has 2 fully saturated rings. The lowest BCUT2D eigenvalue weighted by Gasteiger charge is -2.37. The molecule has 2 heterocycles. The maximum absolute atomic E-state index is 13.9. The quantitative estimate of drug-likeness (QED) is 0.786. The number of hydrogen-bond acceptors (Lipinski definition) is 3. The molecule has 0 aliphatic carbocycles. The number of piperidine rings is 1. The van der Waals surface area contributed by atoms with Crippen LogP contribution < -0.4 is 4.90 Å². The first-order chi connectivity index (χ1) is 12.9. The summed E-state index contributed by atoms with van der Waals surface area (Å²) in [6.45, 7) is 5.08. The lowest BCUT2D eigenvalue weighted by molar-refractivity contribution is -0.896. The summed E-state index contributed by atoms with van der Waals surface area (Å²) in [7, 11) is -3.83. The van der Waals surface area contributed by atoms with E-state index >= 15 is 0 Å². The van der Waals surface area contributed by atoms with E-state index in [0.717, 1.165) is 36.8 Å². The lowest BCUT2D eigenvalue weighted by Crippen LogP contribution is -3.15. The van der Waals surface area contributed by atoms with Crippen LogP contribution in [0.3, 0.4) is 0 Å². The Bertz CT molecular complexity index is 763. The Morgan fingerprint density at radius 1 is 1.19 bits per heavy atom. The molecule has 0 aromatic heterocycles. The zero-order chi connectivity index (χ0) is 19.4. The highest BCUT2D eigenvalue weighted by Gasteiger charge is 2.34. The van der Waals surface area contributed by atoms with Crippen molar-refractivity contribution in [2.24, 2.45) is 0 Å². The molecular formula is C19H29FN3O3S+. The van der Waals surface area contributed by atoms with E-state index in [-0.39, 0.29) is 10.8 Å². The molecule has 2 aliphatic heterocycles. The second-order valence-corrected chi connectivity index (χ2v) is 9.31. The Balaban J connectivity index is 1.57. The Morgan fingerprint density at radius 2 is 1.89 bits per heavy atom. The van der Waals surface area contributed by atoms with Crippen LogP contribution in [-0.2, 0) is 14.8 Å². The van der Waals surface area contributed by atoms with E-state index in [1.54, 1.807) is 0 Å². The van der Waals surface area contributed by atoms with Crippen molar-refractivity contribution in [3.05, 3.63) is 30.1 Å². The van der Waals surface area contributed by atoms with E-state index in [0.29, 0.717) is 38.8 Å². The third-order valence-electron chi connectivity index (χ3n) is 5.70. The van der Waals surface area contributed by atoms with Gasteiger partial charge in [-0.3, -0.25) is 4.79 Å². The average Bonchev–Trinajstić information content (AvgIpc) is 2.68. The minimum atomic E-state index is -3.83. The maximum Gasteiger partial charge on any atom is 0.278 e. The summed E-state index contributed by atoms with van der Waals surface area (Å²) in [5.41, 5.74) is 0. The standard InChI is InChI=1S/C19H28FN3O3S/c1-2-16-7-5-6-10-23(16)19(24)15-21-11-13-22(14-12-21)27(25,26)18-9-4-3-8-17(18)20/h3-4,8-9,16H,2,5-7,10-15H2,1H3/p+1/t16-/m0/s1. The number of nitrogens with zero attached hydrogens (tertiary/aromatic N) is 2. The number of carbonyl (C=O) groups excluding carboxylic acids is 1. The second kappa shape index (κ2) is 8.67. The molecule has 1 aromatic carbocycles. The van der Waals surface area contributed by atoms with E-state index in [1.807, 2.05) is 4.90 Å². The number of benzene rings is 1. The van der Waals surface area contributed by atoms with Gasteiger partial charge in [0.25, 0.3) is 5.91 Å². The molecule has 0 radical (unpaired) electrons. The summed E-state index contributed by atoms with van der Waals surface area (Å²) in [6, 6.07) is 5.81. The second-order valence-electron chi connectivity index (χ2n) is 7.41. The number of halogens is 1. The molecule has 6 nitrogen and oxygen atoms in total. The van der Waals surface area contributed by atoms with Gasteiger partial charge in [-0.25, -0.2) is 12.8 Å². The summed E-state index contributed by atoms with van der Waals surface area (Å²) in [6.07, 6.45) is 4.30. The Labute approximate surface area is 161 Å². The zero-order valence-corrected chi connectivity index (χ0v) is 16.7. The predicted octanol–water partition coefficient (Wildman–Crippen LogP) is 0.506. The first-order valence-corrected chi connectivity index (χ1v) is 11.2. The minimum Gasteiger partial charge on any atom is -0.335 e. The van der Waals surface area contributed by atoms with E-state index < -0.39 is 15.8 Å². The molecule has 150 valence electrons. The molecule has 1 amide bonds. The predicted molar refractivity (Wildman–Crippen MR) is 100 cm³/mol. The summed E-state index contributed by atoms with van der Waals surface area (Å²) >= 11 is 0. The highest BCUT2D eigenvalue weighted by Crippen LogP contribution is 2.20. The van der Waals surface area contributed by atoms with Crippen LogP contribution >= 0.6 is 0 Å². The Hall–Kier alpha value is -1.51. The van der Waals surface area contributed by atoms with E-state index in [9.17, 15) is 17.6 Å². The first-order valence-electron chi connectivity index (χ1n) is 9.81. The Kier molecular flexibility index (Phi) is 6.49. The van der Waals surface area contributed by atoms with Gasteiger partial charge in [-0.05, 0) is 37.8 Å². The monoisotopic (exact) mass is 398 g/mol. The van der Waals surface area contributed by atoms with Crippen molar-refractivity contribution in [1.82, 2.24) is 9.21 Å². The highest BCUT2D eigenvalue weighted by molar-refractivity contribution is 7.89. The number of nitrogens with one attached hydrogen (secondary N) is 1. The summed E-state index contributed by atoms with van der Waals surface area (Å²) in [5, 5.41) is 0. The van der Waals surface area contributed by atoms with Gasteiger partial charge in [0.2, 0.25) is 10.0 Å². The molecule has 1 N–H and O–H groups in total. The van der Waals surface area contributed by atoms with Gasteiger partial charge in [0.15, 0.2) is 6.54 Å². The molecule has 1 aromatic rings.